The first kappa shape index (κ1) is 15.5. The summed E-state index contributed by atoms with van der Waals surface area (Å²) in [6, 6.07) is -0.576. The first-order chi connectivity index (χ1) is 9.01. The second-order valence-electron chi connectivity index (χ2n) is 4.69. The largest absolute Gasteiger partial charge is 0.466 e. The summed E-state index contributed by atoms with van der Waals surface area (Å²) < 4.78 is 4.98. The third-order valence-corrected chi connectivity index (χ3v) is 3.46. The summed E-state index contributed by atoms with van der Waals surface area (Å²) >= 11 is 0. The zero-order valence-corrected chi connectivity index (χ0v) is 11.6. The van der Waals surface area contributed by atoms with Crippen LogP contribution < -0.4 is 5.73 Å². The molecule has 2 unspecified atom stereocenters. The quantitative estimate of drug-likeness (QED) is 0.734. The molecule has 0 saturated carbocycles. The summed E-state index contributed by atoms with van der Waals surface area (Å²) in [5, 5.41) is 0. The molecule has 2 atom stereocenters. The molecule has 0 aliphatic carbocycles. The Kier molecular flexibility index (Phi) is 5.79. The Morgan fingerprint density at radius 1 is 1.42 bits per heavy atom. The van der Waals surface area contributed by atoms with Gasteiger partial charge in [-0.05, 0) is 26.2 Å². The van der Waals surface area contributed by atoms with Crippen LogP contribution in [0.3, 0.4) is 0 Å². The molecule has 0 radical (unpaired) electrons. The van der Waals surface area contributed by atoms with E-state index < -0.39 is 11.9 Å². The standard InChI is InChI=1S/C13H22N2O4/c1-3-10(12(14)17)15-8-7-9(5-6-11(15)16)13(18)19-4-2/h9-10H,3-8H2,1-2H3,(H2,14,17). The van der Waals surface area contributed by atoms with Crippen LogP contribution in [0.15, 0.2) is 0 Å². The molecule has 1 aliphatic heterocycles. The van der Waals surface area contributed by atoms with E-state index in [0.717, 1.165) is 0 Å². The fraction of sp³-hybridized carbons (Fsp3) is 0.769. The highest BCUT2D eigenvalue weighted by Crippen LogP contribution is 2.22. The third kappa shape index (κ3) is 3.94. The van der Waals surface area contributed by atoms with Crippen LogP contribution in [0.1, 0.15) is 39.5 Å². The van der Waals surface area contributed by atoms with Gasteiger partial charge in [0.2, 0.25) is 11.8 Å². The van der Waals surface area contributed by atoms with Gasteiger partial charge in [0, 0.05) is 13.0 Å². The molecule has 1 fully saturated rings. The Morgan fingerprint density at radius 3 is 2.63 bits per heavy atom. The second kappa shape index (κ2) is 7.11. The molecule has 0 spiro atoms. The van der Waals surface area contributed by atoms with Gasteiger partial charge in [-0.2, -0.15) is 0 Å². The molecule has 0 aromatic rings. The monoisotopic (exact) mass is 270 g/mol. The molecule has 1 aliphatic rings. The number of hydrogen-bond donors (Lipinski definition) is 1. The fourth-order valence-electron chi connectivity index (χ4n) is 2.41. The van der Waals surface area contributed by atoms with Crippen LogP contribution in [0.2, 0.25) is 0 Å². The highest BCUT2D eigenvalue weighted by molar-refractivity contribution is 5.87. The average molecular weight is 270 g/mol. The SMILES string of the molecule is CCOC(=O)C1CCC(=O)N(C(CC)C(N)=O)CC1. The molecular formula is C13H22N2O4. The Morgan fingerprint density at radius 2 is 2.11 bits per heavy atom. The van der Waals surface area contributed by atoms with Gasteiger partial charge >= 0.3 is 5.97 Å². The van der Waals surface area contributed by atoms with E-state index in [0.29, 0.717) is 32.4 Å². The lowest BCUT2D eigenvalue weighted by molar-refractivity contribution is -0.148. The minimum atomic E-state index is -0.576. The van der Waals surface area contributed by atoms with Crippen molar-refractivity contribution in [3.05, 3.63) is 0 Å². The van der Waals surface area contributed by atoms with Gasteiger partial charge in [0.1, 0.15) is 6.04 Å². The summed E-state index contributed by atoms with van der Waals surface area (Å²) in [5.74, 6) is -1.13. The van der Waals surface area contributed by atoms with Crippen molar-refractivity contribution in [1.29, 1.82) is 0 Å². The smallest absolute Gasteiger partial charge is 0.308 e. The van der Waals surface area contributed by atoms with Crippen LogP contribution in [-0.4, -0.2) is 41.9 Å². The number of ether oxygens (including phenoxy) is 1. The predicted molar refractivity (Wildman–Crippen MR) is 69.0 cm³/mol. The molecule has 1 heterocycles. The summed E-state index contributed by atoms with van der Waals surface area (Å²) in [5.41, 5.74) is 5.31. The van der Waals surface area contributed by atoms with Gasteiger partial charge in [-0.1, -0.05) is 6.92 Å². The molecule has 0 aromatic heterocycles. The summed E-state index contributed by atoms with van der Waals surface area (Å²) in [7, 11) is 0. The van der Waals surface area contributed by atoms with Crippen molar-refractivity contribution in [3.8, 4) is 0 Å². The molecule has 108 valence electrons. The molecule has 0 bridgehead atoms. The molecule has 1 rings (SSSR count). The topological polar surface area (TPSA) is 89.7 Å². The molecule has 2 N–H and O–H groups in total. The Balaban J connectivity index is 2.71. The first-order valence-corrected chi connectivity index (χ1v) is 6.76. The fourth-order valence-corrected chi connectivity index (χ4v) is 2.41. The number of rotatable bonds is 5. The summed E-state index contributed by atoms with van der Waals surface area (Å²) in [6.07, 6.45) is 1.75. The van der Waals surface area contributed by atoms with Crippen molar-refractivity contribution < 1.29 is 19.1 Å². The Labute approximate surface area is 113 Å². The van der Waals surface area contributed by atoms with Crippen LogP contribution in [0.4, 0.5) is 0 Å². The number of carbonyl (C=O) groups is 3. The Bertz CT molecular complexity index is 357. The maximum absolute atomic E-state index is 12.0. The van der Waals surface area contributed by atoms with Crippen molar-refractivity contribution in [2.24, 2.45) is 11.7 Å². The van der Waals surface area contributed by atoms with Gasteiger partial charge in [0.05, 0.1) is 12.5 Å². The normalized spacial score (nSPS) is 21.7. The number of nitrogens with zero attached hydrogens (tertiary/aromatic N) is 1. The van der Waals surface area contributed by atoms with Crippen molar-refractivity contribution >= 4 is 17.8 Å². The van der Waals surface area contributed by atoms with Crippen LogP contribution in [-0.2, 0) is 19.1 Å². The van der Waals surface area contributed by atoms with Crippen LogP contribution in [0.5, 0.6) is 0 Å². The number of nitrogens with two attached hydrogens (primary N) is 1. The molecule has 1 saturated heterocycles. The molecule has 6 heteroatoms. The molecule has 6 nitrogen and oxygen atoms in total. The third-order valence-electron chi connectivity index (χ3n) is 3.46. The van der Waals surface area contributed by atoms with E-state index in [2.05, 4.69) is 0 Å². The van der Waals surface area contributed by atoms with Gasteiger partial charge in [0.15, 0.2) is 0 Å². The van der Waals surface area contributed by atoms with Gasteiger partial charge < -0.3 is 15.4 Å². The molecular weight excluding hydrogens is 248 g/mol. The van der Waals surface area contributed by atoms with Crippen molar-refractivity contribution in [1.82, 2.24) is 4.90 Å². The van der Waals surface area contributed by atoms with E-state index in [4.69, 9.17) is 10.5 Å². The van der Waals surface area contributed by atoms with E-state index in [1.54, 1.807) is 6.92 Å². The van der Waals surface area contributed by atoms with Crippen LogP contribution in [0.25, 0.3) is 0 Å². The molecule has 0 aromatic carbocycles. The minimum Gasteiger partial charge on any atom is -0.466 e. The van der Waals surface area contributed by atoms with Gasteiger partial charge in [-0.15, -0.1) is 0 Å². The molecule has 19 heavy (non-hydrogen) atoms. The number of esters is 1. The number of hydrogen-bond acceptors (Lipinski definition) is 4. The van der Waals surface area contributed by atoms with Gasteiger partial charge in [-0.3, -0.25) is 14.4 Å². The highest BCUT2D eigenvalue weighted by Gasteiger charge is 2.32. The Hall–Kier alpha value is -1.59. The van der Waals surface area contributed by atoms with Crippen LogP contribution >= 0.6 is 0 Å². The van der Waals surface area contributed by atoms with Crippen LogP contribution in [0, 0.1) is 5.92 Å². The zero-order valence-electron chi connectivity index (χ0n) is 11.6. The zero-order chi connectivity index (χ0) is 14.4. The predicted octanol–water partition coefficient (Wildman–Crippen LogP) is 0.442. The lowest BCUT2D eigenvalue weighted by Gasteiger charge is -2.27. The highest BCUT2D eigenvalue weighted by atomic mass is 16.5. The number of primary amides is 1. The van der Waals surface area contributed by atoms with E-state index in [1.807, 2.05) is 6.92 Å². The summed E-state index contributed by atoms with van der Waals surface area (Å²) in [6.45, 7) is 4.29. The number of amides is 2. The lowest BCUT2D eigenvalue weighted by Crippen LogP contribution is -2.47. The van der Waals surface area contributed by atoms with E-state index in [1.165, 1.54) is 4.90 Å². The first-order valence-electron chi connectivity index (χ1n) is 6.76. The van der Waals surface area contributed by atoms with E-state index in [9.17, 15) is 14.4 Å². The van der Waals surface area contributed by atoms with Crippen molar-refractivity contribution in [2.45, 2.75) is 45.6 Å². The number of carbonyl (C=O) groups excluding carboxylic acids is 3. The lowest BCUT2D eigenvalue weighted by atomic mass is 10.0. The van der Waals surface area contributed by atoms with Gasteiger partial charge in [0.25, 0.3) is 0 Å². The van der Waals surface area contributed by atoms with E-state index in [-0.39, 0.29) is 24.2 Å². The maximum Gasteiger partial charge on any atom is 0.308 e. The van der Waals surface area contributed by atoms with Gasteiger partial charge in [-0.25, -0.2) is 0 Å². The van der Waals surface area contributed by atoms with Crippen molar-refractivity contribution in [2.75, 3.05) is 13.2 Å². The minimum absolute atomic E-state index is 0.113. The average Bonchev–Trinajstić information content (AvgIpc) is 2.54. The maximum atomic E-state index is 12.0. The number of likely N-dealkylation sites (tertiary alicyclic amines) is 1. The molecule has 2 amide bonds. The summed E-state index contributed by atoms with van der Waals surface area (Å²) in [4.78, 5) is 36.5. The second-order valence-corrected chi connectivity index (χ2v) is 4.69. The van der Waals surface area contributed by atoms with Crippen molar-refractivity contribution in [3.63, 3.8) is 0 Å². The van der Waals surface area contributed by atoms with E-state index >= 15 is 0 Å².